The summed E-state index contributed by atoms with van der Waals surface area (Å²) < 4.78 is 32.5. The molecule has 0 unspecified atom stereocenters. The zero-order valence-electron chi connectivity index (χ0n) is 16.2. The number of morpholine rings is 1. The molecule has 2 aliphatic rings. The zero-order valence-corrected chi connectivity index (χ0v) is 17.7. The van der Waals surface area contributed by atoms with Gasteiger partial charge in [0.25, 0.3) is 0 Å². The summed E-state index contributed by atoms with van der Waals surface area (Å²) in [5.41, 5.74) is 1.38. The van der Waals surface area contributed by atoms with Gasteiger partial charge in [0.2, 0.25) is 15.9 Å². The first-order valence-corrected chi connectivity index (χ1v) is 11.6. The Hall–Kier alpha value is -1.35. The molecule has 156 valence electrons. The average Bonchev–Trinajstić information content (AvgIpc) is 2.68. The maximum Gasteiger partial charge on any atom is 0.244 e. The molecule has 1 aliphatic carbocycles. The molecule has 1 aliphatic heterocycles. The highest BCUT2D eigenvalue weighted by atomic mass is 35.5. The number of carbonyl (C=O) groups excluding carboxylic acids is 1. The molecular weight excluding hydrogens is 402 g/mol. The highest BCUT2D eigenvalue weighted by Crippen LogP contribution is 2.31. The van der Waals surface area contributed by atoms with E-state index in [1.807, 2.05) is 6.92 Å². The number of nitrogens with zero attached hydrogens (tertiary/aromatic N) is 1. The van der Waals surface area contributed by atoms with E-state index in [1.165, 1.54) is 16.8 Å². The zero-order chi connectivity index (χ0) is 20.1. The molecular formula is C19H28ClN3O4S. The highest BCUT2D eigenvalue weighted by molar-refractivity contribution is 7.89. The first kappa shape index (κ1) is 21.4. The lowest BCUT2D eigenvalue weighted by Crippen LogP contribution is -2.40. The van der Waals surface area contributed by atoms with Crippen LogP contribution in [0.15, 0.2) is 17.0 Å². The molecule has 2 N–H and O–H groups in total. The fraction of sp³-hybridized carbons (Fsp3) is 0.632. The molecule has 1 saturated heterocycles. The maximum atomic E-state index is 13.0. The fourth-order valence-corrected chi connectivity index (χ4v) is 5.66. The standard InChI is InChI=1S/C19H28ClN3O4S/c1-14-11-16(20)18(28(25,26)23-7-9-27-10-8-23)12-17(14)21-13-19(24)22-15-5-3-2-4-6-15/h11-12,15,21H,2-10,13H2,1H3,(H,22,24). The van der Waals surface area contributed by atoms with Crippen LogP contribution in [-0.4, -0.2) is 57.5 Å². The van der Waals surface area contributed by atoms with Gasteiger partial charge in [0.05, 0.1) is 24.8 Å². The van der Waals surface area contributed by atoms with E-state index in [0.29, 0.717) is 32.0 Å². The minimum absolute atomic E-state index is 0.0526. The predicted octanol–water partition coefficient (Wildman–Crippen LogP) is 2.53. The van der Waals surface area contributed by atoms with E-state index in [2.05, 4.69) is 10.6 Å². The van der Waals surface area contributed by atoms with Crippen LogP contribution >= 0.6 is 11.6 Å². The van der Waals surface area contributed by atoms with Crippen molar-refractivity contribution in [3.8, 4) is 0 Å². The van der Waals surface area contributed by atoms with Crippen LogP contribution in [0, 0.1) is 6.92 Å². The van der Waals surface area contributed by atoms with Gasteiger partial charge >= 0.3 is 0 Å². The van der Waals surface area contributed by atoms with Crippen molar-refractivity contribution in [3.63, 3.8) is 0 Å². The summed E-state index contributed by atoms with van der Waals surface area (Å²) in [6, 6.07) is 3.39. The lowest BCUT2D eigenvalue weighted by atomic mass is 9.95. The molecule has 0 radical (unpaired) electrons. The van der Waals surface area contributed by atoms with Gasteiger partial charge in [-0.05, 0) is 37.5 Å². The molecule has 1 amide bonds. The van der Waals surface area contributed by atoms with Crippen LogP contribution in [-0.2, 0) is 19.6 Å². The van der Waals surface area contributed by atoms with Crippen molar-refractivity contribution in [1.82, 2.24) is 9.62 Å². The largest absolute Gasteiger partial charge is 0.379 e. The molecule has 2 fully saturated rings. The van der Waals surface area contributed by atoms with Gasteiger partial charge < -0.3 is 15.4 Å². The normalized spacial score (nSPS) is 19.4. The Morgan fingerprint density at radius 3 is 2.57 bits per heavy atom. The molecule has 28 heavy (non-hydrogen) atoms. The number of carbonyl (C=O) groups is 1. The number of sulfonamides is 1. The van der Waals surface area contributed by atoms with Crippen LogP contribution in [0.2, 0.25) is 5.02 Å². The summed E-state index contributed by atoms with van der Waals surface area (Å²) in [5, 5.41) is 6.30. The fourth-order valence-electron chi connectivity index (χ4n) is 3.67. The number of amides is 1. The van der Waals surface area contributed by atoms with E-state index in [0.717, 1.165) is 31.2 Å². The summed E-state index contributed by atoms with van der Waals surface area (Å²) >= 11 is 6.25. The second kappa shape index (κ2) is 9.43. The van der Waals surface area contributed by atoms with Crippen molar-refractivity contribution in [1.29, 1.82) is 0 Å². The summed E-state index contributed by atoms with van der Waals surface area (Å²) in [5.74, 6) is -0.0844. The van der Waals surface area contributed by atoms with Crippen LogP contribution in [0.4, 0.5) is 5.69 Å². The topological polar surface area (TPSA) is 87.7 Å². The predicted molar refractivity (Wildman–Crippen MR) is 109 cm³/mol. The number of aryl methyl sites for hydroxylation is 1. The van der Waals surface area contributed by atoms with E-state index in [-0.39, 0.29) is 28.4 Å². The maximum absolute atomic E-state index is 13.0. The SMILES string of the molecule is Cc1cc(Cl)c(S(=O)(=O)N2CCOCC2)cc1NCC(=O)NC1CCCCC1. The van der Waals surface area contributed by atoms with Gasteiger partial charge in [0.1, 0.15) is 4.90 Å². The second-order valence-electron chi connectivity index (χ2n) is 7.37. The Bertz CT molecular complexity index is 804. The van der Waals surface area contributed by atoms with Crippen LogP contribution in [0.1, 0.15) is 37.7 Å². The molecule has 0 aromatic heterocycles. The van der Waals surface area contributed by atoms with Crippen molar-refractivity contribution in [2.45, 2.75) is 50.0 Å². The number of hydrogen-bond acceptors (Lipinski definition) is 5. The minimum atomic E-state index is -3.71. The Labute approximate surface area is 171 Å². The van der Waals surface area contributed by atoms with Crippen LogP contribution in [0.5, 0.6) is 0 Å². The first-order valence-electron chi connectivity index (χ1n) is 9.79. The highest BCUT2D eigenvalue weighted by Gasteiger charge is 2.29. The lowest BCUT2D eigenvalue weighted by Gasteiger charge is -2.27. The third kappa shape index (κ3) is 5.17. The molecule has 7 nitrogen and oxygen atoms in total. The Morgan fingerprint density at radius 1 is 1.21 bits per heavy atom. The van der Waals surface area contributed by atoms with E-state index >= 15 is 0 Å². The number of hydrogen-bond donors (Lipinski definition) is 2. The average molecular weight is 430 g/mol. The Kier molecular flexibility index (Phi) is 7.20. The Morgan fingerprint density at radius 2 is 1.89 bits per heavy atom. The van der Waals surface area contributed by atoms with Gasteiger partial charge in [0.15, 0.2) is 0 Å². The van der Waals surface area contributed by atoms with Crippen molar-refractivity contribution in [2.24, 2.45) is 0 Å². The van der Waals surface area contributed by atoms with Gasteiger partial charge in [-0.3, -0.25) is 4.79 Å². The summed E-state index contributed by atoms with van der Waals surface area (Å²) in [4.78, 5) is 12.3. The number of ether oxygens (including phenoxy) is 1. The number of rotatable bonds is 6. The van der Waals surface area contributed by atoms with E-state index in [4.69, 9.17) is 16.3 Å². The number of anilines is 1. The Balaban J connectivity index is 1.69. The number of halogens is 1. The van der Waals surface area contributed by atoms with Crippen molar-refractivity contribution >= 4 is 33.2 Å². The van der Waals surface area contributed by atoms with E-state index < -0.39 is 10.0 Å². The summed E-state index contributed by atoms with van der Waals surface area (Å²) in [7, 11) is -3.71. The second-order valence-corrected chi connectivity index (χ2v) is 9.68. The van der Waals surface area contributed by atoms with Gasteiger partial charge in [-0.25, -0.2) is 8.42 Å². The summed E-state index contributed by atoms with van der Waals surface area (Å²) in [6.45, 7) is 3.27. The van der Waals surface area contributed by atoms with E-state index in [9.17, 15) is 13.2 Å². The van der Waals surface area contributed by atoms with E-state index in [1.54, 1.807) is 6.07 Å². The van der Waals surface area contributed by atoms with Crippen molar-refractivity contribution in [2.75, 3.05) is 38.2 Å². The van der Waals surface area contributed by atoms with Crippen molar-refractivity contribution in [3.05, 3.63) is 22.7 Å². The third-order valence-corrected chi connectivity index (χ3v) is 7.64. The molecule has 1 aromatic rings. The third-order valence-electron chi connectivity index (χ3n) is 5.28. The molecule has 1 saturated carbocycles. The lowest BCUT2D eigenvalue weighted by molar-refractivity contribution is -0.120. The van der Waals surface area contributed by atoms with Gasteiger partial charge in [0, 0.05) is 24.8 Å². The molecule has 1 aromatic carbocycles. The van der Waals surface area contributed by atoms with Gasteiger partial charge in [-0.2, -0.15) is 4.31 Å². The smallest absolute Gasteiger partial charge is 0.244 e. The number of nitrogens with one attached hydrogen (secondary N) is 2. The first-order chi connectivity index (χ1) is 13.4. The van der Waals surface area contributed by atoms with Gasteiger partial charge in [-0.15, -0.1) is 0 Å². The van der Waals surface area contributed by atoms with Crippen molar-refractivity contribution < 1.29 is 17.9 Å². The van der Waals surface area contributed by atoms with Crippen LogP contribution < -0.4 is 10.6 Å². The van der Waals surface area contributed by atoms with Crippen LogP contribution in [0.25, 0.3) is 0 Å². The molecule has 3 rings (SSSR count). The molecule has 1 heterocycles. The molecule has 0 spiro atoms. The van der Waals surface area contributed by atoms with Crippen LogP contribution in [0.3, 0.4) is 0 Å². The quantitative estimate of drug-likeness (QED) is 0.725. The molecule has 9 heteroatoms. The molecule has 0 atom stereocenters. The minimum Gasteiger partial charge on any atom is -0.379 e. The molecule has 0 bridgehead atoms. The monoisotopic (exact) mass is 429 g/mol. The van der Waals surface area contributed by atoms with Gasteiger partial charge in [-0.1, -0.05) is 30.9 Å². The number of benzene rings is 1. The summed E-state index contributed by atoms with van der Waals surface area (Å²) in [6.07, 6.45) is 5.57.